The molecule has 0 aliphatic heterocycles. The molecule has 3 rings (SSSR count). The molecule has 0 saturated carbocycles. The molecular weight excluding hydrogens is 392 g/mol. The lowest BCUT2D eigenvalue weighted by Crippen LogP contribution is -2.26. The van der Waals surface area contributed by atoms with Gasteiger partial charge in [-0.05, 0) is 43.2 Å². The zero-order valence-electron chi connectivity index (χ0n) is 16.2. The first-order valence-corrected chi connectivity index (χ1v) is 10.6. The minimum absolute atomic E-state index is 0.0552. The SMILES string of the molecule is COC(=O)c1ccc(C)c(S(=O)(=O)NCCCOc2cccc3cccnc23)c1. The number of carbonyl (C=O) groups is 1. The lowest BCUT2D eigenvalue weighted by molar-refractivity contribution is 0.0600. The van der Waals surface area contributed by atoms with Crippen molar-refractivity contribution in [3.8, 4) is 5.75 Å². The minimum atomic E-state index is -3.76. The molecule has 1 N–H and O–H groups in total. The van der Waals surface area contributed by atoms with Crippen LogP contribution in [0, 0.1) is 6.92 Å². The Labute approximate surface area is 169 Å². The fourth-order valence-electron chi connectivity index (χ4n) is 2.87. The Morgan fingerprint density at radius 1 is 1.14 bits per heavy atom. The van der Waals surface area contributed by atoms with Crippen LogP contribution in [0.2, 0.25) is 0 Å². The molecule has 0 atom stereocenters. The minimum Gasteiger partial charge on any atom is -0.491 e. The highest BCUT2D eigenvalue weighted by atomic mass is 32.2. The molecular formula is C21H22N2O5S. The first kappa shape index (κ1) is 20.8. The Morgan fingerprint density at radius 3 is 2.72 bits per heavy atom. The summed E-state index contributed by atoms with van der Waals surface area (Å²) in [5.74, 6) is 0.0751. The maximum absolute atomic E-state index is 12.6. The van der Waals surface area contributed by atoms with E-state index in [0.717, 1.165) is 10.9 Å². The van der Waals surface area contributed by atoms with Crippen LogP contribution in [0.15, 0.2) is 59.6 Å². The molecule has 1 aromatic heterocycles. The van der Waals surface area contributed by atoms with Gasteiger partial charge in [0.05, 0.1) is 24.2 Å². The van der Waals surface area contributed by atoms with Gasteiger partial charge in [0, 0.05) is 18.1 Å². The van der Waals surface area contributed by atoms with E-state index in [4.69, 9.17) is 4.74 Å². The molecule has 0 unspecified atom stereocenters. The average molecular weight is 414 g/mol. The van der Waals surface area contributed by atoms with Gasteiger partial charge in [0.1, 0.15) is 11.3 Å². The van der Waals surface area contributed by atoms with E-state index in [0.29, 0.717) is 24.3 Å². The topological polar surface area (TPSA) is 94.6 Å². The third kappa shape index (κ3) is 4.90. The van der Waals surface area contributed by atoms with Crippen LogP contribution in [0.4, 0.5) is 0 Å². The molecule has 152 valence electrons. The van der Waals surface area contributed by atoms with Crippen molar-refractivity contribution in [2.75, 3.05) is 20.3 Å². The summed E-state index contributed by atoms with van der Waals surface area (Å²) in [6.07, 6.45) is 2.17. The molecule has 2 aromatic carbocycles. The summed E-state index contributed by atoms with van der Waals surface area (Å²) < 4.78 is 38.2. The van der Waals surface area contributed by atoms with Crippen LogP contribution in [-0.2, 0) is 14.8 Å². The normalized spacial score (nSPS) is 11.4. The van der Waals surface area contributed by atoms with Gasteiger partial charge < -0.3 is 9.47 Å². The molecule has 0 amide bonds. The molecule has 7 nitrogen and oxygen atoms in total. The Morgan fingerprint density at radius 2 is 1.93 bits per heavy atom. The summed E-state index contributed by atoms with van der Waals surface area (Å²) in [6, 6.07) is 13.9. The van der Waals surface area contributed by atoms with E-state index in [1.54, 1.807) is 19.2 Å². The summed E-state index contributed by atoms with van der Waals surface area (Å²) in [5.41, 5.74) is 1.50. The Hall–Kier alpha value is -2.97. The summed E-state index contributed by atoms with van der Waals surface area (Å²) in [7, 11) is -2.51. The van der Waals surface area contributed by atoms with Gasteiger partial charge in [-0.2, -0.15) is 0 Å². The molecule has 0 spiro atoms. The molecule has 0 fully saturated rings. The number of aromatic nitrogens is 1. The Bertz CT molecular complexity index is 1120. The summed E-state index contributed by atoms with van der Waals surface area (Å²) in [6.45, 7) is 2.20. The van der Waals surface area contributed by atoms with E-state index in [1.165, 1.54) is 19.2 Å². The molecule has 29 heavy (non-hydrogen) atoms. The van der Waals surface area contributed by atoms with Crippen LogP contribution < -0.4 is 9.46 Å². The molecule has 0 aliphatic carbocycles. The largest absolute Gasteiger partial charge is 0.491 e. The number of pyridine rings is 1. The predicted molar refractivity (Wildman–Crippen MR) is 110 cm³/mol. The van der Waals surface area contributed by atoms with E-state index in [9.17, 15) is 13.2 Å². The number of benzene rings is 2. The number of fused-ring (bicyclic) bond motifs is 1. The van der Waals surface area contributed by atoms with Gasteiger partial charge in [0.15, 0.2) is 0 Å². The quantitative estimate of drug-likeness (QED) is 0.450. The average Bonchev–Trinajstić information content (AvgIpc) is 2.73. The molecule has 3 aromatic rings. The highest BCUT2D eigenvalue weighted by molar-refractivity contribution is 7.89. The number of nitrogens with zero attached hydrogens (tertiary/aromatic N) is 1. The number of hydrogen-bond acceptors (Lipinski definition) is 6. The second kappa shape index (κ2) is 9.02. The first-order valence-electron chi connectivity index (χ1n) is 9.07. The number of carbonyl (C=O) groups excluding carboxylic acids is 1. The molecule has 8 heteroatoms. The maximum Gasteiger partial charge on any atom is 0.337 e. The van der Waals surface area contributed by atoms with E-state index < -0.39 is 16.0 Å². The van der Waals surface area contributed by atoms with Crippen molar-refractivity contribution in [3.05, 3.63) is 65.9 Å². The summed E-state index contributed by atoms with van der Waals surface area (Å²) >= 11 is 0. The molecule has 1 heterocycles. The van der Waals surface area contributed by atoms with Crippen molar-refractivity contribution in [3.63, 3.8) is 0 Å². The van der Waals surface area contributed by atoms with Gasteiger partial charge in [-0.25, -0.2) is 17.9 Å². The monoisotopic (exact) mass is 414 g/mol. The molecule has 0 saturated heterocycles. The second-order valence-corrected chi connectivity index (χ2v) is 8.14. The number of ether oxygens (including phenoxy) is 2. The van der Waals surface area contributed by atoms with Crippen LogP contribution >= 0.6 is 0 Å². The third-order valence-electron chi connectivity index (χ3n) is 4.37. The lowest BCUT2D eigenvalue weighted by Gasteiger charge is -2.11. The number of nitrogens with one attached hydrogen (secondary N) is 1. The summed E-state index contributed by atoms with van der Waals surface area (Å²) in [5, 5.41) is 0.978. The van der Waals surface area contributed by atoms with Crippen LogP contribution in [-0.4, -0.2) is 39.6 Å². The molecule has 0 aliphatic rings. The van der Waals surface area contributed by atoms with Gasteiger partial charge in [0.25, 0.3) is 0 Å². The van der Waals surface area contributed by atoms with Gasteiger partial charge >= 0.3 is 5.97 Å². The fraction of sp³-hybridized carbons (Fsp3) is 0.238. The van der Waals surface area contributed by atoms with Crippen LogP contribution in [0.1, 0.15) is 22.3 Å². The van der Waals surface area contributed by atoms with Crippen molar-refractivity contribution >= 4 is 26.9 Å². The molecule has 0 bridgehead atoms. The van der Waals surface area contributed by atoms with Crippen molar-refractivity contribution < 1.29 is 22.7 Å². The maximum atomic E-state index is 12.6. The highest BCUT2D eigenvalue weighted by Crippen LogP contribution is 2.23. The predicted octanol–water partition coefficient (Wildman–Crippen LogP) is 3.08. The van der Waals surface area contributed by atoms with Gasteiger partial charge in [-0.3, -0.25) is 4.98 Å². The van der Waals surface area contributed by atoms with E-state index in [-0.39, 0.29) is 17.0 Å². The smallest absolute Gasteiger partial charge is 0.337 e. The third-order valence-corrected chi connectivity index (χ3v) is 5.97. The van der Waals surface area contributed by atoms with Gasteiger partial charge in [0.2, 0.25) is 10.0 Å². The van der Waals surface area contributed by atoms with Gasteiger partial charge in [-0.1, -0.05) is 24.3 Å². The standard InChI is InChI=1S/C21H22N2O5S/c1-15-9-10-17(21(24)27-2)14-19(15)29(25,26)23-12-5-13-28-18-8-3-6-16-7-4-11-22-20(16)18/h3-4,6-11,14,23H,5,12-13H2,1-2H3. The number of hydrogen-bond donors (Lipinski definition) is 1. The number of esters is 1. The van der Waals surface area contributed by atoms with Crippen molar-refractivity contribution in [2.45, 2.75) is 18.2 Å². The fourth-order valence-corrected chi connectivity index (χ4v) is 4.21. The second-order valence-electron chi connectivity index (χ2n) is 6.40. The van der Waals surface area contributed by atoms with E-state index in [1.807, 2.05) is 30.3 Å². The Kier molecular flexibility index (Phi) is 6.46. The highest BCUT2D eigenvalue weighted by Gasteiger charge is 2.19. The Balaban J connectivity index is 1.59. The van der Waals surface area contributed by atoms with E-state index in [2.05, 4.69) is 14.4 Å². The number of methoxy groups -OCH3 is 1. The van der Waals surface area contributed by atoms with Crippen LogP contribution in [0.5, 0.6) is 5.75 Å². The zero-order valence-corrected chi connectivity index (χ0v) is 17.0. The molecule has 0 radical (unpaired) electrons. The number of sulfonamides is 1. The number of rotatable bonds is 8. The van der Waals surface area contributed by atoms with Gasteiger partial charge in [-0.15, -0.1) is 0 Å². The first-order chi connectivity index (χ1) is 13.9. The van der Waals surface area contributed by atoms with Crippen LogP contribution in [0.3, 0.4) is 0 Å². The van der Waals surface area contributed by atoms with Crippen molar-refractivity contribution in [1.29, 1.82) is 0 Å². The zero-order chi connectivity index (χ0) is 20.9. The number of para-hydroxylation sites is 1. The van der Waals surface area contributed by atoms with Crippen molar-refractivity contribution in [1.82, 2.24) is 9.71 Å². The number of aryl methyl sites for hydroxylation is 1. The van der Waals surface area contributed by atoms with Crippen molar-refractivity contribution in [2.24, 2.45) is 0 Å². The lowest BCUT2D eigenvalue weighted by atomic mass is 10.1. The van der Waals surface area contributed by atoms with Crippen LogP contribution in [0.25, 0.3) is 10.9 Å². The van der Waals surface area contributed by atoms with E-state index >= 15 is 0 Å². The summed E-state index contributed by atoms with van der Waals surface area (Å²) in [4.78, 5) is 16.1.